The molecule has 3 rings (SSSR count). The van der Waals surface area contributed by atoms with Crippen LogP contribution in [0.25, 0.3) is 0 Å². The van der Waals surface area contributed by atoms with E-state index in [1.54, 1.807) is 23.9 Å². The van der Waals surface area contributed by atoms with Crippen LogP contribution in [-0.4, -0.2) is 35.8 Å². The van der Waals surface area contributed by atoms with Crippen molar-refractivity contribution in [1.82, 2.24) is 4.90 Å². The number of hydrogen-bond acceptors (Lipinski definition) is 3. The third kappa shape index (κ3) is 5.73. The molecule has 0 saturated carbocycles. The van der Waals surface area contributed by atoms with Crippen molar-refractivity contribution in [2.75, 3.05) is 18.8 Å². The molecule has 0 unspecified atom stereocenters. The van der Waals surface area contributed by atoms with Crippen LogP contribution in [0.1, 0.15) is 30.4 Å². The van der Waals surface area contributed by atoms with Crippen LogP contribution >= 0.6 is 11.8 Å². The molecule has 2 aromatic rings. The smallest absolute Gasteiger partial charge is 0.223 e. The minimum absolute atomic E-state index is 0.170. The van der Waals surface area contributed by atoms with E-state index in [9.17, 15) is 9.18 Å². The van der Waals surface area contributed by atoms with Gasteiger partial charge in [0.15, 0.2) is 0 Å². The minimum Gasteiger partial charge on any atom is -0.490 e. The lowest BCUT2D eigenvalue weighted by atomic mass is 10.1. The third-order valence-corrected chi connectivity index (χ3v) is 5.84. The Morgan fingerprint density at radius 2 is 1.85 bits per heavy atom. The van der Waals surface area contributed by atoms with Gasteiger partial charge in [0.1, 0.15) is 17.7 Å². The fraction of sp³-hybridized carbons (Fsp3) is 0.409. The summed E-state index contributed by atoms with van der Waals surface area (Å²) in [6.07, 6.45) is 2.40. The fourth-order valence-electron chi connectivity index (χ4n) is 3.18. The number of likely N-dealkylation sites (tertiary alicyclic amines) is 1. The second-order valence-electron chi connectivity index (χ2n) is 7.02. The Kier molecular flexibility index (Phi) is 6.78. The second-order valence-corrected chi connectivity index (χ2v) is 8.19. The third-order valence-electron chi connectivity index (χ3n) is 4.83. The monoisotopic (exact) mass is 387 g/mol. The highest BCUT2D eigenvalue weighted by Crippen LogP contribution is 2.25. The molecule has 1 aliphatic heterocycles. The van der Waals surface area contributed by atoms with Gasteiger partial charge >= 0.3 is 0 Å². The minimum atomic E-state index is -0.235. The Morgan fingerprint density at radius 3 is 2.56 bits per heavy atom. The van der Waals surface area contributed by atoms with Crippen LogP contribution < -0.4 is 4.74 Å². The molecule has 0 spiro atoms. The Balaban J connectivity index is 1.41. The summed E-state index contributed by atoms with van der Waals surface area (Å²) < 4.78 is 19.1. The van der Waals surface area contributed by atoms with Crippen molar-refractivity contribution in [3.05, 3.63) is 59.4 Å². The Bertz CT molecular complexity index is 770. The maximum Gasteiger partial charge on any atom is 0.223 e. The number of thioether (sulfide) groups is 1. The molecule has 2 aromatic carbocycles. The Morgan fingerprint density at radius 1 is 1.15 bits per heavy atom. The number of nitrogens with zero attached hydrogens (tertiary/aromatic N) is 1. The van der Waals surface area contributed by atoms with Gasteiger partial charge in [0.05, 0.1) is 0 Å². The number of rotatable bonds is 6. The number of carbonyl (C=O) groups is 1. The number of carbonyl (C=O) groups excluding carboxylic acids is 1. The van der Waals surface area contributed by atoms with E-state index in [1.165, 1.54) is 17.7 Å². The highest BCUT2D eigenvalue weighted by Gasteiger charge is 2.24. The first-order chi connectivity index (χ1) is 13.0. The lowest BCUT2D eigenvalue weighted by Crippen LogP contribution is -2.41. The van der Waals surface area contributed by atoms with E-state index >= 15 is 0 Å². The first kappa shape index (κ1) is 19.7. The van der Waals surface area contributed by atoms with Crippen molar-refractivity contribution >= 4 is 17.7 Å². The summed E-state index contributed by atoms with van der Waals surface area (Å²) in [7, 11) is 0. The summed E-state index contributed by atoms with van der Waals surface area (Å²) in [6, 6.07) is 12.7. The zero-order chi connectivity index (χ0) is 19.2. The Labute approximate surface area is 164 Å². The predicted octanol–water partition coefficient (Wildman–Crippen LogP) is 4.99. The van der Waals surface area contributed by atoms with Gasteiger partial charge in [-0.25, -0.2) is 4.39 Å². The lowest BCUT2D eigenvalue weighted by molar-refractivity contribution is -0.132. The first-order valence-corrected chi connectivity index (χ1v) is 10.4. The number of ether oxygens (including phenoxy) is 1. The standard InChI is InChI=1S/C22H26FNO2S/c1-16-3-4-17(2)21(15-16)26-19-9-12-24(13-10-19)22(25)11-14-27-20-7-5-18(23)6-8-20/h3-8,15,19H,9-14H2,1-2H3. The quantitative estimate of drug-likeness (QED) is 0.654. The zero-order valence-corrected chi connectivity index (χ0v) is 16.7. The van der Waals surface area contributed by atoms with Gasteiger partial charge in [0.2, 0.25) is 5.91 Å². The fourth-order valence-corrected chi connectivity index (χ4v) is 4.02. The van der Waals surface area contributed by atoms with Gasteiger partial charge < -0.3 is 9.64 Å². The van der Waals surface area contributed by atoms with Crippen molar-refractivity contribution in [1.29, 1.82) is 0 Å². The largest absolute Gasteiger partial charge is 0.490 e. The van der Waals surface area contributed by atoms with E-state index in [2.05, 4.69) is 32.0 Å². The van der Waals surface area contributed by atoms with Gasteiger partial charge in [-0.3, -0.25) is 4.79 Å². The van der Waals surface area contributed by atoms with Gasteiger partial charge in [-0.05, 0) is 55.3 Å². The summed E-state index contributed by atoms with van der Waals surface area (Å²) in [5.41, 5.74) is 2.35. The molecule has 0 aromatic heterocycles. The molecule has 1 amide bonds. The summed E-state index contributed by atoms with van der Waals surface area (Å²) >= 11 is 1.59. The number of aryl methyl sites for hydroxylation is 2. The molecule has 1 heterocycles. The topological polar surface area (TPSA) is 29.5 Å². The average molecular weight is 388 g/mol. The van der Waals surface area contributed by atoms with Crippen LogP contribution in [0.4, 0.5) is 4.39 Å². The van der Waals surface area contributed by atoms with Gasteiger partial charge in [-0.2, -0.15) is 0 Å². The summed E-state index contributed by atoms with van der Waals surface area (Å²) in [5, 5.41) is 0. The molecule has 0 N–H and O–H groups in total. The zero-order valence-electron chi connectivity index (χ0n) is 15.9. The number of halogens is 1. The summed E-state index contributed by atoms with van der Waals surface area (Å²) in [4.78, 5) is 15.3. The molecule has 0 bridgehead atoms. The van der Waals surface area contributed by atoms with Crippen LogP contribution in [0.2, 0.25) is 0 Å². The summed E-state index contributed by atoms with van der Waals surface area (Å²) in [5.74, 6) is 1.62. The van der Waals surface area contributed by atoms with E-state index in [0.717, 1.165) is 42.1 Å². The van der Waals surface area contributed by atoms with E-state index in [4.69, 9.17) is 4.74 Å². The van der Waals surface area contributed by atoms with E-state index in [0.29, 0.717) is 12.2 Å². The van der Waals surface area contributed by atoms with Crippen LogP contribution in [0, 0.1) is 19.7 Å². The number of amides is 1. The van der Waals surface area contributed by atoms with Crippen molar-refractivity contribution in [3.8, 4) is 5.75 Å². The van der Waals surface area contributed by atoms with Gasteiger partial charge in [0.25, 0.3) is 0 Å². The molecule has 0 aliphatic carbocycles. The van der Waals surface area contributed by atoms with Crippen LogP contribution in [-0.2, 0) is 4.79 Å². The molecule has 0 atom stereocenters. The van der Waals surface area contributed by atoms with Gasteiger partial charge in [-0.1, -0.05) is 12.1 Å². The van der Waals surface area contributed by atoms with Crippen molar-refractivity contribution < 1.29 is 13.9 Å². The van der Waals surface area contributed by atoms with E-state index < -0.39 is 0 Å². The SMILES string of the molecule is Cc1ccc(C)c(OC2CCN(C(=O)CCSc3ccc(F)cc3)CC2)c1. The number of piperidine rings is 1. The molecular formula is C22H26FNO2S. The molecule has 0 radical (unpaired) electrons. The van der Waals surface area contributed by atoms with Crippen molar-refractivity contribution in [2.24, 2.45) is 0 Å². The van der Waals surface area contributed by atoms with Crippen molar-refractivity contribution in [2.45, 2.75) is 44.1 Å². The summed E-state index contributed by atoms with van der Waals surface area (Å²) in [6.45, 7) is 5.62. The van der Waals surface area contributed by atoms with E-state index in [1.807, 2.05) is 4.90 Å². The van der Waals surface area contributed by atoms with Crippen LogP contribution in [0.3, 0.4) is 0 Å². The van der Waals surface area contributed by atoms with E-state index in [-0.39, 0.29) is 17.8 Å². The van der Waals surface area contributed by atoms with Crippen LogP contribution in [0.5, 0.6) is 5.75 Å². The molecule has 27 heavy (non-hydrogen) atoms. The van der Waals surface area contributed by atoms with Crippen LogP contribution in [0.15, 0.2) is 47.4 Å². The van der Waals surface area contributed by atoms with Gasteiger partial charge in [0, 0.05) is 43.0 Å². The number of benzene rings is 2. The highest BCUT2D eigenvalue weighted by molar-refractivity contribution is 7.99. The molecule has 144 valence electrons. The maximum atomic E-state index is 12.9. The molecule has 3 nitrogen and oxygen atoms in total. The molecule has 5 heteroatoms. The molecule has 1 fully saturated rings. The maximum absolute atomic E-state index is 12.9. The highest BCUT2D eigenvalue weighted by atomic mass is 32.2. The second kappa shape index (κ2) is 9.27. The molecule has 1 aliphatic rings. The number of hydrogen-bond donors (Lipinski definition) is 0. The lowest BCUT2D eigenvalue weighted by Gasteiger charge is -2.32. The first-order valence-electron chi connectivity index (χ1n) is 9.41. The Hall–Kier alpha value is -2.01. The van der Waals surface area contributed by atoms with Crippen molar-refractivity contribution in [3.63, 3.8) is 0 Å². The molecular weight excluding hydrogens is 361 g/mol. The molecule has 1 saturated heterocycles. The normalized spacial score (nSPS) is 15.0. The average Bonchev–Trinajstić information content (AvgIpc) is 2.67. The predicted molar refractivity (Wildman–Crippen MR) is 108 cm³/mol. The van der Waals surface area contributed by atoms with Gasteiger partial charge in [-0.15, -0.1) is 11.8 Å².